The summed E-state index contributed by atoms with van der Waals surface area (Å²) in [4.78, 5) is 29.5. The number of carbonyl (C=O) groups excluding carboxylic acids is 1. The summed E-state index contributed by atoms with van der Waals surface area (Å²) in [5.41, 5.74) is 4.11. The molecular formula is C21H21N5OS. The highest BCUT2D eigenvalue weighted by Crippen LogP contribution is 2.39. The van der Waals surface area contributed by atoms with Crippen molar-refractivity contribution >= 4 is 22.5 Å². The standard InChI is InChI=1S/C21H21N5OS/c27-21(26-11-5-2-6-12-26)25-20-23-16-10-9-15-13-22-19(14-7-3-1-4-8-14)24-17(15)18(16)28-20/h1,3-4,7-8,13H,2,5-6,9-12H2,(H,23,25,27). The van der Waals surface area contributed by atoms with E-state index >= 15 is 0 Å². The van der Waals surface area contributed by atoms with Crippen LogP contribution in [0.3, 0.4) is 0 Å². The average molecular weight is 392 g/mol. The van der Waals surface area contributed by atoms with Crippen molar-refractivity contribution in [3.8, 4) is 22.0 Å². The van der Waals surface area contributed by atoms with Gasteiger partial charge in [0, 0.05) is 24.8 Å². The van der Waals surface area contributed by atoms with E-state index in [1.54, 1.807) is 0 Å². The van der Waals surface area contributed by atoms with Crippen molar-refractivity contribution < 1.29 is 4.79 Å². The number of hydrogen-bond acceptors (Lipinski definition) is 5. The first-order valence-corrected chi connectivity index (χ1v) is 10.6. The van der Waals surface area contributed by atoms with Crippen LogP contribution in [0.15, 0.2) is 36.5 Å². The largest absolute Gasteiger partial charge is 0.324 e. The third-order valence-electron chi connectivity index (χ3n) is 5.30. The lowest BCUT2D eigenvalue weighted by atomic mass is 9.99. The number of aryl methyl sites for hydroxylation is 2. The van der Waals surface area contributed by atoms with Crippen LogP contribution in [0, 0.1) is 0 Å². The fourth-order valence-corrected chi connectivity index (χ4v) is 4.82. The molecule has 1 aliphatic heterocycles. The molecule has 3 heterocycles. The summed E-state index contributed by atoms with van der Waals surface area (Å²) in [6.45, 7) is 1.65. The van der Waals surface area contributed by atoms with Crippen LogP contribution in [0.4, 0.5) is 9.93 Å². The van der Waals surface area contributed by atoms with Crippen LogP contribution in [0.25, 0.3) is 22.0 Å². The Morgan fingerprint density at radius 2 is 1.86 bits per heavy atom. The van der Waals surface area contributed by atoms with Crippen molar-refractivity contribution in [3.05, 3.63) is 47.8 Å². The molecule has 7 heteroatoms. The molecule has 0 spiro atoms. The van der Waals surface area contributed by atoms with Gasteiger partial charge in [0.25, 0.3) is 0 Å². The molecule has 0 bridgehead atoms. The maximum absolute atomic E-state index is 12.5. The number of amides is 2. The molecule has 1 aliphatic carbocycles. The minimum atomic E-state index is -0.0429. The second-order valence-electron chi connectivity index (χ2n) is 7.21. The Bertz CT molecular complexity index is 1010. The fourth-order valence-electron chi connectivity index (χ4n) is 3.79. The highest BCUT2D eigenvalue weighted by atomic mass is 32.1. The normalized spacial score (nSPS) is 15.6. The van der Waals surface area contributed by atoms with Gasteiger partial charge in [-0.25, -0.2) is 19.7 Å². The summed E-state index contributed by atoms with van der Waals surface area (Å²) in [6.07, 6.45) is 7.02. The number of piperidine rings is 1. The number of benzene rings is 1. The molecule has 2 amide bonds. The van der Waals surface area contributed by atoms with Gasteiger partial charge in [-0.05, 0) is 37.7 Å². The summed E-state index contributed by atoms with van der Waals surface area (Å²) in [7, 11) is 0. The van der Waals surface area contributed by atoms with E-state index in [4.69, 9.17) is 4.98 Å². The third kappa shape index (κ3) is 3.26. The Morgan fingerprint density at radius 1 is 1.04 bits per heavy atom. The van der Waals surface area contributed by atoms with Crippen LogP contribution in [0.1, 0.15) is 30.5 Å². The fraction of sp³-hybridized carbons (Fsp3) is 0.333. The molecule has 0 unspecified atom stereocenters. The first kappa shape index (κ1) is 17.3. The van der Waals surface area contributed by atoms with Crippen LogP contribution in [0.2, 0.25) is 0 Å². The number of nitrogens with zero attached hydrogens (tertiary/aromatic N) is 4. The molecule has 1 N–H and O–H groups in total. The number of anilines is 1. The van der Waals surface area contributed by atoms with Gasteiger partial charge in [-0.3, -0.25) is 5.32 Å². The lowest BCUT2D eigenvalue weighted by Gasteiger charge is -2.26. The Kier molecular flexibility index (Phi) is 4.52. The van der Waals surface area contributed by atoms with E-state index in [1.165, 1.54) is 17.8 Å². The van der Waals surface area contributed by atoms with Gasteiger partial charge in [0.15, 0.2) is 11.0 Å². The molecule has 2 aromatic heterocycles. The van der Waals surface area contributed by atoms with Crippen LogP contribution in [-0.4, -0.2) is 39.0 Å². The molecule has 5 rings (SSSR count). The SMILES string of the molecule is O=C(Nc1nc2c(s1)-c1nc(-c3ccccc3)ncc1CC2)N1CCCCC1. The van der Waals surface area contributed by atoms with Crippen LogP contribution in [0.5, 0.6) is 0 Å². The minimum absolute atomic E-state index is 0.0429. The number of rotatable bonds is 2. The van der Waals surface area contributed by atoms with Crippen molar-refractivity contribution in [1.29, 1.82) is 0 Å². The summed E-state index contributed by atoms with van der Waals surface area (Å²) in [6, 6.07) is 9.96. The molecule has 2 aliphatic rings. The van der Waals surface area contributed by atoms with E-state index in [1.807, 2.05) is 41.4 Å². The lowest BCUT2D eigenvalue weighted by Crippen LogP contribution is -2.38. The van der Waals surface area contributed by atoms with Crippen molar-refractivity contribution in [2.75, 3.05) is 18.4 Å². The Labute approximate surface area is 167 Å². The maximum Gasteiger partial charge on any atom is 0.323 e. The van der Waals surface area contributed by atoms with Gasteiger partial charge in [-0.1, -0.05) is 41.7 Å². The Morgan fingerprint density at radius 3 is 2.68 bits per heavy atom. The van der Waals surface area contributed by atoms with Crippen molar-refractivity contribution in [2.45, 2.75) is 32.1 Å². The average Bonchev–Trinajstić information content (AvgIpc) is 3.17. The topological polar surface area (TPSA) is 71.0 Å². The molecule has 1 saturated heterocycles. The van der Waals surface area contributed by atoms with Gasteiger partial charge in [-0.15, -0.1) is 0 Å². The van der Waals surface area contributed by atoms with E-state index in [2.05, 4.69) is 15.3 Å². The summed E-state index contributed by atoms with van der Waals surface area (Å²) in [5.74, 6) is 0.722. The second-order valence-corrected chi connectivity index (χ2v) is 8.21. The first-order valence-electron chi connectivity index (χ1n) is 9.75. The van der Waals surface area contributed by atoms with Crippen LogP contribution < -0.4 is 5.32 Å². The van der Waals surface area contributed by atoms with Gasteiger partial charge in [0.05, 0.1) is 16.3 Å². The molecule has 0 radical (unpaired) electrons. The number of urea groups is 1. The van der Waals surface area contributed by atoms with E-state index in [0.717, 1.165) is 72.0 Å². The van der Waals surface area contributed by atoms with Crippen LogP contribution >= 0.6 is 11.3 Å². The number of carbonyl (C=O) groups is 1. The number of fused-ring (bicyclic) bond motifs is 3. The zero-order chi connectivity index (χ0) is 18.9. The molecule has 0 atom stereocenters. The van der Waals surface area contributed by atoms with E-state index in [-0.39, 0.29) is 6.03 Å². The molecule has 3 aromatic rings. The number of nitrogens with one attached hydrogen (secondary N) is 1. The molecule has 1 fully saturated rings. The monoisotopic (exact) mass is 391 g/mol. The zero-order valence-corrected chi connectivity index (χ0v) is 16.3. The summed E-state index contributed by atoms with van der Waals surface area (Å²) >= 11 is 1.51. The Balaban J connectivity index is 1.43. The zero-order valence-electron chi connectivity index (χ0n) is 15.5. The predicted octanol–water partition coefficient (Wildman–Crippen LogP) is 4.38. The minimum Gasteiger partial charge on any atom is -0.324 e. The van der Waals surface area contributed by atoms with Gasteiger partial charge in [0.1, 0.15) is 0 Å². The van der Waals surface area contributed by atoms with Crippen molar-refractivity contribution in [3.63, 3.8) is 0 Å². The smallest absolute Gasteiger partial charge is 0.323 e. The van der Waals surface area contributed by atoms with Gasteiger partial charge in [0.2, 0.25) is 0 Å². The summed E-state index contributed by atoms with van der Waals surface area (Å²) < 4.78 is 0. The molecule has 28 heavy (non-hydrogen) atoms. The molecule has 0 saturated carbocycles. The molecule has 142 valence electrons. The highest BCUT2D eigenvalue weighted by molar-refractivity contribution is 7.19. The van der Waals surface area contributed by atoms with Gasteiger partial charge in [-0.2, -0.15) is 0 Å². The van der Waals surface area contributed by atoms with E-state index in [9.17, 15) is 4.79 Å². The lowest BCUT2D eigenvalue weighted by molar-refractivity contribution is 0.200. The molecule has 6 nitrogen and oxygen atoms in total. The molecule has 1 aromatic carbocycles. The van der Waals surface area contributed by atoms with E-state index < -0.39 is 0 Å². The van der Waals surface area contributed by atoms with Gasteiger partial charge < -0.3 is 4.90 Å². The number of likely N-dealkylation sites (tertiary alicyclic amines) is 1. The van der Waals surface area contributed by atoms with Gasteiger partial charge >= 0.3 is 6.03 Å². The Hall–Kier alpha value is -2.80. The predicted molar refractivity (Wildman–Crippen MR) is 110 cm³/mol. The highest BCUT2D eigenvalue weighted by Gasteiger charge is 2.25. The third-order valence-corrected chi connectivity index (χ3v) is 6.32. The number of aromatic nitrogens is 3. The quantitative estimate of drug-likeness (QED) is 0.704. The number of hydrogen-bond donors (Lipinski definition) is 1. The molecular weight excluding hydrogens is 370 g/mol. The van der Waals surface area contributed by atoms with E-state index in [0.29, 0.717) is 5.13 Å². The van der Waals surface area contributed by atoms with Crippen molar-refractivity contribution in [1.82, 2.24) is 19.9 Å². The maximum atomic E-state index is 12.5. The van der Waals surface area contributed by atoms with Crippen molar-refractivity contribution in [2.24, 2.45) is 0 Å². The second kappa shape index (κ2) is 7.31. The number of thiazole rings is 1. The van der Waals surface area contributed by atoms with Crippen LogP contribution in [-0.2, 0) is 12.8 Å². The summed E-state index contributed by atoms with van der Waals surface area (Å²) in [5, 5.41) is 3.66. The first-order chi connectivity index (χ1) is 13.8.